The van der Waals surface area contributed by atoms with E-state index in [2.05, 4.69) is 74.6 Å². The molecule has 6 N–H and O–H groups in total. The van der Waals surface area contributed by atoms with Gasteiger partial charge in [0.1, 0.15) is 42.7 Å². The van der Waals surface area contributed by atoms with Gasteiger partial charge in [-0.05, 0) is 70.6 Å². The highest BCUT2D eigenvalue weighted by atomic mass is 31.2. The summed E-state index contributed by atoms with van der Waals surface area (Å²) in [6.45, 7) is 3.87. The largest absolute Gasteiger partial charge is 0.472 e. The summed E-state index contributed by atoms with van der Waals surface area (Å²) in [4.78, 5) is 23.0. The number of carbonyl (C=O) groups excluding carboxylic acids is 1. The summed E-state index contributed by atoms with van der Waals surface area (Å²) in [5, 5.41) is 50.0. The molecule has 0 radical (unpaired) electrons. The van der Waals surface area contributed by atoms with Crippen molar-refractivity contribution in [2.75, 3.05) is 19.8 Å². The third-order valence-electron chi connectivity index (χ3n) is 9.08. The second-order valence-electron chi connectivity index (χ2n) is 14.1. The molecule has 0 aromatic carbocycles. The lowest BCUT2D eigenvalue weighted by Crippen LogP contribution is -2.64. The molecule has 0 amide bonds. The standard InChI is InChI=1S/C43H73O12P/c1-3-5-7-9-11-13-15-17-18-19-21-23-25-27-29-31-33-52-34-36(35-53-56(50,51)55-43-41(48)39(46)38(45)40(47)42(43)49)54-37(44)32-30-28-26-24-22-20-16-14-12-10-8-6-4-2/h5,7,11,13-14,16-18,21,23,27,29,36,38-43,45-49H,3-4,6,8-10,12,15,19-20,22,24-26,28,30-35H2,1-2H3,(H,50,51)/b7-5-,13-11-,16-14-,18-17-,23-21-,29-27-. The van der Waals surface area contributed by atoms with Gasteiger partial charge in [0, 0.05) is 6.42 Å². The van der Waals surface area contributed by atoms with Crippen molar-refractivity contribution < 1.29 is 58.3 Å². The highest BCUT2D eigenvalue weighted by molar-refractivity contribution is 7.47. The van der Waals surface area contributed by atoms with E-state index < -0.39 is 63.1 Å². The second kappa shape index (κ2) is 33.7. The van der Waals surface area contributed by atoms with Crippen LogP contribution in [-0.2, 0) is 27.9 Å². The number of ether oxygens (including phenoxy) is 2. The maximum Gasteiger partial charge on any atom is 0.472 e. The molecule has 0 heterocycles. The minimum Gasteiger partial charge on any atom is -0.457 e. The quantitative estimate of drug-likeness (QED) is 0.0165. The maximum atomic E-state index is 12.8. The van der Waals surface area contributed by atoms with Gasteiger partial charge >= 0.3 is 13.8 Å². The molecule has 1 saturated carbocycles. The predicted octanol–water partition coefficient (Wildman–Crippen LogP) is 7.63. The van der Waals surface area contributed by atoms with Crippen molar-refractivity contribution in [3.8, 4) is 0 Å². The van der Waals surface area contributed by atoms with Crippen LogP contribution in [0.1, 0.15) is 129 Å². The van der Waals surface area contributed by atoms with Crippen LogP contribution in [0.3, 0.4) is 0 Å². The van der Waals surface area contributed by atoms with Gasteiger partial charge in [-0.1, -0.05) is 125 Å². The molecule has 1 aliphatic rings. The number of carbonyl (C=O) groups is 1. The molecule has 0 aromatic heterocycles. The molecule has 6 unspecified atom stereocenters. The number of phosphoric ester groups is 1. The Bertz CT molecular complexity index is 1200. The van der Waals surface area contributed by atoms with Crippen LogP contribution >= 0.6 is 7.82 Å². The molecule has 13 heteroatoms. The second-order valence-corrected chi connectivity index (χ2v) is 15.5. The van der Waals surface area contributed by atoms with Gasteiger partial charge < -0.3 is 39.9 Å². The molecule has 0 bridgehead atoms. The van der Waals surface area contributed by atoms with Crippen LogP contribution in [0.15, 0.2) is 72.9 Å². The van der Waals surface area contributed by atoms with E-state index in [1.807, 2.05) is 12.2 Å². The van der Waals surface area contributed by atoms with E-state index in [4.69, 9.17) is 18.5 Å². The zero-order valence-corrected chi connectivity index (χ0v) is 34.8. The third-order valence-corrected chi connectivity index (χ3v) is 10.1. The minimum absolute atomic E-state index is 0.138. The Hall–Kier alpha value is -2.22. The number of hydrogen-bond acceptors (Lipinski definition) is 11. The molecule has 0 saturated heterocycles. The lowest BCUT2D eigenvalue weighted by Gasteiger charge is -2.41. The lowest BCUT2D eigenvalue weighted by molar-refractivity contribution is -0.220. The molecule has 322 valence electrons. The first-order valence-electron chi connectivity index (χ1n) is 20.8. The first kappa shape index (κ1) is 51.8. The summed E-state index contributed by atoms with van der Waals surface area (Å²) in [6.07, 6.45) is 30.0. The molecular weight excluding hydrogens is 739 g/mol. The number of unbranched alkanes of at least 4 members (excludes halogenated alkanes) is 9. The maximum absolute atomic E-state index is 12.8. The highest BCUT2D eigenvalue weighted by Crippen LogP contribution is 2.47. The molecule has 0 aromatic rings. The van der Waals surface area contributed by atoms with Gasteiger partial charge in [0.25, 0.3) is 0 Å². The smallest absolute Gasteiger partial charge is 0.457 e. The molecule has 0 aliphatic heterocycles. The van der Waals surface area contributed by atoms with Crippen LogP contribution < -0.4 is 0 Å². The van der Waals surface area contributed by atoms with E-state index in [1.54, 1.807) is 0 Å². The van der Waals surface area contributed by atoms with Gasteiger partial charge in [-0.2, -0.15) is 0 Å². The van der Waals surface area contributed by atoms with Crippen molar-refractivity contribution in [1.29, 1.82) is 0 Å². The summed E-state index contributed by atoms with van der Waals surface area (Å²) in [5.74, 6) is -0.516. The van der Waals surface area contributed by atoms with Crippen molar-refractivity contribution in [1.82, 2.24) is 0 Å². The summed E-state index contributed by atoms with van der Waals surface area (Å²) >= 11 is 0. The van der Waals surface area contributed by atoms with E-state index in [1.165, 1.54) is 25.7 Å². The number of allylic oxidation sites excluding steroid dienone is 11. The molecule has 56 heavy (non-hydrogen) atoms. The van der Waals surface area contributed by atoms with Gasteiger partial charge in [0.05, 0.1) is 19.8 Å². The SMILES string of the molecule is CC/C=C\C/C=C\C/C=C\C/C=C\C/C=C\CCOCC(COP(=O)(O)OC1C(O)C(O)C(O)C(O)C1O)OC(=O)CCCCCCC/C=C\CCCCCC. The van der Waals surface area contributed by atoms with Crippen LogP contribution in [-0.4, -0.2) is 98.9 Å². The van der Waals surface area contributed by atoms with E-state index in [0.29, 0.717) is 19.4 Å². The lowest BCUT2D eigenvalue weighted by atomic mass is 9.85. The molecular formula is C43H73O12P. The molecule has 0 spiro atoms. The van der Waals surface area contributed by atoms with Crippen LogP contribution in [0.25, 0.3) is 0 Å². The van der Waals surface area contributed by atoms with E-state index >= 15 is 0 Å². The van der Waals surface area contributed by atoms with E-state index in [0.717, 1.165) is 70.6 Å². The van der Waals surface area contributed by atoms with E-state index in [9.17, 15) is 39.8 Å². The molecule has 1 aliphatic carbocycles. The Morgan fingerprint density at radius 3 is 1.61 bits per heavy atom. The van der Waals surface area contributed by atoms with Crippen LogP contribution in [0.2, 0.25) is 0 Å². The molecule has 12 nitrogen and oxygen atoms in total. The monoisotopic (exact) mass is 812 g/mol. The molecule has 1 rings (SSSR count). The van der Waals surface area contributed by atoms with Crippen LogP contribution in [0, 0.1) is 0 Å². The molecule has 6 atom stereocenters. The Kier molecular flexibility index (Phi) is 31.2. The van der Waals surface area contributed by atoms with Gasteiger partial charge in [0.2, 0.25) is 0 Å². The van der Waals surface area contributed by atoms with Crippen molar-refractivity contribution in [2.45, 2.75) is 172 Å². The van der Waals surface area contributed by atoms with Crippen LogP contribution in [0.4, 0.5) is 0 Å². The summed E-state index contributed by atoms with van der Waals surface area (Å²) < 4.78 is 33.9. The molecule has 1 fully saturated rings. The Balaban J connectivity index is 2.52. The first-order valence-corrected chi connectivity index (χ1v) is 22.3. The van der Waals surface area contributed by atoms with Crippen molar-refractivity contribution in [3.63, 3.8) is 0 Å². The van der Waals surface area contributed by atoms with Gasteiger partial charge in [-0.15, -0.1) is 0 Å². The Morgan fingerprint density at radius 2 is 1.05 bits per heavy atom. The van der Waals surface area contributed by atoms with Crippen LogP contribution in [0.5, 0.6) is 0 Å². The summed E-state index contributed by atoms with van der Waals surface area (Å²) in [6, 6.07) is 0. The average Bonchev–Trinajstić information content (AvgIpc) is 3.18. The number of esters is 1. The topological polar surface area (TPSA) is 192 Å². The first-order chi connectivity index (χ1) is 27.0. The zero-order valence-electron chi connectivity index (χ0n) is 33.9. The van der Waals surface area contributed by atoms with Crippen molar-refractivity contribution >= 4 is 13.8 Å². The minimum atomic E-state index is -5.04. The highest BCUT2D eigenvalue weighted by Gasteiger charge is 2.51. The van der Waals surface area contributed by atoms with Crippen molar-refractivity contribution in [3.05, 3.63) is 72.9 Å². The summed E-state index contributed by atoms with van der Waals surface area (Å²) in [7, 11) is -5.04. The van der Waals surface area contributed by atoms with E-state index in [-0.39, 0.29) is 13.0 Å². The number of aliphatic hydroxyl groups is 5. The number of aliphatic hydroxyl groups excluding tert-OH is 5. The third kappa shape index (κ3) is 25.9. The Morgan fingerprint density at radius 1 is 0.589 bits per heavy atom. The fourth-order valence-corrected chi connectivity index (χ4v) is 6.74. The number of hydrogen-bond donors (Lipinski definition) is 6. The summed E-state index contributed by atoms with van der Waals surface area (Å²) in [5.41, 5.74) is 0. The number of phosphoric acid groups is 1. The number of rotatable bonds is 33. The van der Waals surface area contributed by atoms with Gasteiger partial charge in [0.15, 0.2) is 0 Å². The van der Waals surface area contributed by atoms with Gasteiger partial charge in [-0.25, -0.2) is 4.57 Å². The Labute approximate surface area is 336 Å². The fraction of sp³-hybridized carbons (Fsp3) is 0.698. The fourth-order valence-electron chi connectivity index (χ4n) is 5.77. The predicted molar refractivity (Wildman–Crippen MR) is 221 cm³/mol. The zero-order chi connectivity index (χ0) is 41.3. The van der Waals surface area contributed by atoms with Gasteiger partial charge in [-0.3, -0.25) is 13.8 Å². The van der Waals surface area contributed by atoms with Crippen molar-refractivity contribution in [2.24, 2.45) is 0 Å². The average molecular weight is 813 g/mol. The normalized spacial score (nSPS) is 23.8.